The lowest BCUT2D eigenvalue weighted by molar-refractivity contribution is 0.303. The van der Waals surface area contributed by atoms with Crippen LogP contribution >= 0.6 is 0 Å². The predicted molar refractivity (Wildman–Crippen MR) is 79.6 cm³/mol. The average molecular weight is 266 g/mol. The van der Waals surface area contributed by atoms with E-state index >= 15 is 0 Å². The van der Waals surface area contributed by atoms with Crippen LogP contribution in [-0.4, -0.2) is 19.0 Å². The van der Waals surface area contributed by atoms with E-state index in [2.05, 4.69) is 11.0 Å². The first-order valence-corrected chi connectivity index (χ1v) is 6.57. The molecule has 0 heterocycles. The van der Waals surface area contributed by atoms with Gasteiger partial charge in [-0.25, -0.2) is 0 Å². The van der Waals surface area contributed by atoms with Gasteiger partial charge in [-0.2, -0.15) is 5.26 Å². The highest BCUT2D eigenvalue weighted by Crippen LogP contribution is 2.26. The topological polar surface area (TPSA) is 36.3 Å². The van der Waals surface area contributed by atoms with Gasteiger partial charge in [-0.3, -0.25) is 0 Å². The van der Waals surface area contributed by atoms with Crippen molar-refractivity contribution in [2.24, 2.45) is 0 Å². The second kappa shape index (κ2) is 6.74. The van der Waals surface area contributed by atoms with E-state index in [1.165, 1.54) is 0 Å². The van der Waals surface area contributed by atoms with Gasteiger partial charge in [0.15, 0.2) is 0 Å². The van der Waals surface area contributed by atoms with Gasteiger partial charge < -0.3 is 9.64 Å². The minimum absolute atomic E-state index is 0.116. The van der Waals surface area contributed by atoms with Crippen molar-refractivity contribution in [2.45, 2.75) is 12.5 Å². The molecule has 20 heavy (non-hydrogen) atoms. The molecule has 2 rings (SSSR count). The Morgan fingerprint density at radius 1 is 1.00 bits per heavy atom. The Hall–Kier alpha value is -2.31. The molecule has 3 heteroatoms. The van der Waals surface area contributed by atoms with Gasteiger partial charge in [0.1, 0.15) is 11.5 Å². The molecule has 0 fully saturated rings. The number of hydrogen-bond acceptors (Lipinski definition) is 3. The van der Waals surface area contributed by atoms with Crippen LogP contribution in [0.3, 0.4) is 0 Å². The van der Waals surface area contributed by atoms with Crippen LogP contribution in [0.1, 0.15) is 18.0 Å². The molecule has 2 aromatic carbocycles. The monoisotopic (exact) mass is 266 g/mol. The number of benzene rings is 2. The third-order valence-electron chi connectivity index (χ3n) is 3.15. The zero-order chi connectivity index (χ0) is 14.4. The molecule has 0 aromatic heterocycles. The molecule has 1 unspecified atom stereocenters. The third-order valence-corrected chi connectivity index (χ3v) is 3.15. The number of hydrogen-bond donors (Lipinski definition) is 0. The maximum Gasteiger partial charge on any atom is 0.127 e. The molecule has 3 nitrogen and oxygen atoms in total. The summed E-state index contributed by atoms with van der Waals surface area (Å²) in [7, 11) is 3.97. The fraction of sp³-hybridized carbons (Fsp3) is 0.235. The first-order chi connectivity index (χ1) is 9.70. The summed E-state index contributed by atoms with van der Waals surface area (Å²) < 4.78 is 5.75. The molecule has 0 saturated heterocycles. The summed E-state index contributed by atoms with van der Waals surface area (Å²) in [5, 5.41) is 8.89. The second-order valence-electron chi connectivity index (χ2n) is 4.83. The van der Waals surface area contributed by atoms with Crippen LogP contribution in [0, 0.1) is 11.3 Å². The van der Waals surface area contributed by atoms with Crippen molar-refractivity contribution in [3.63, 3.8) is 0 Å². The predicted octanol–water partition coefficient (Wildman–Crippen LogP) is 4.00. The number of ether oxygens (including phenoxy) is 1. The Labute approximate surface area is 120 Å². The first-order valence-electron chi connectivity index (χ1n) is 6.57. The van der Waals surface area contributed by atoms with Gasteiger partial charge in [-0.1, -0.05) is 30.3 Å². The van der Waals surface area contributed by atoms with Gasteiger partial charge in [0, 0.05) is 6.04 Å². The second-order valence-corrected chi connectivity index (χ2v) is 4.83. The van der Waals surface area contributed by atoms with Gasteiger partial charge in [-0.15, -0.1) is 0 Å². The maximum atomic E-state index is 8.89. The molecular weight excluding hydrogens is 248 g/mol. The van der Waals surface area contributed by atoms with Gasteiger partial charge in [0.25, 0.3) is 0 Å². The molecule has 0 amide bonds. The molecule has 0 bridgehead atoms. The number of nitriles is 1. The molecule has 2 aromatic rings. The van der Waals surface area contributed by atoms with Crippen molar-refractivity contribution < 1.29 is 4.74 Å². The van der Waals surface area contributed by atoms with Crippen LogP contribution in [-0.2, 0) is 0 Å². The lowest BCUT2D eigenvalue weighted by atomic mass is 10.0. The molecule has 0 aliphatic rings. The molecule has 0 radical (unpaired) electrons. The normalized spacial score (nSPS) is 11.9. The minimum Gasteiger partial charge on any atom is -0.457 e. The average Bonchev–Trinajstić information content (AvgIpc) is 2.47. The van der Waals surface area contributed by atoms with Gasteiger partial charge in [0.2, 0.25) is 0 Å². The van der Waals surface area contributed by atoms with Gasteiger partial charge >= 0.3 is 0 Å². The van der Waals surface area contributed by atoms with Crippen LogP contribution in [0.15, 0.2) is 54.6 Å². The van der Waals surface area contributed by atoms with E-state index in [4.69, 9.17) is 10.00 Å². The summed E-state index contributed by atoms with van der Waals surface area (Å²) in [5.41, 5.74) is 1.12. The van der Waals surface area contributed by atoms with E-state index in [0.29, 0.717) is 6.42 Å². The summed E-state index contributed by atoms with van der Waals surface area (Å²) in [6, 6.07) is 19.9. The van der Waals surface area contributed by atoms with E-state index in [1.807, 2.05) is 68.7 Å². The number of nitrogens with zero attached hydrogens (tertiary/aromatic N) is 2. The Morgan fingerprint density at radius 2 is 1.60 bits per heavy atom. The molecule has 0 spiro atoms. The highest BCUT2D eigenvalue weighted by Gasteiger charge is 2.13. The molecule has 1 atom stereocenters. The highest BCUT2D eigenvalue weighted by atomic mass is 16.5. The number of rotatable bonds is 5. The number of para-hydroxylation sites is 1. The summed E-state index contributed by atoms with van der Waals surface area (Å²) in [4.78, 5) is 2.05. The van der Waals surface area contributed by atoms with E-state index in [9.17, 15) is 0 Å². The van der Waals surface area contributed by atoms with Crippen LogP contribution in [0.2, 0.25) is 0 Å². The smallest absolute Gasteiger partial charge is 0.127 e. The summed E-state index contributed by atoms with van der Waals surface area (Å²) in [6.45, 7) is 0. The molecule has 0 N–H and O–H groups in total. The van der Waals surface area contributed by atoms with Crippen molar-refractivity contribution in [3.05, 3.63) is 60.2 Å². The Kier molecular flexibility index (Phi) is 4.75. The Bertz CT molecular complexity index is 570. The molecule has 0 aliphatic heterocycles. The standard InChI is InChI=1S/C17H18N2O/c1-19(2)17(12-13-18)14-8-10-16(11-9-14)20-15-6-4-3-5-7-15/h3-11,17H,12H2,1-2H3. The molecule has 0 aliphatic carbocycles. The fourth-order valence-electron chi connectivity index (χ4n) is 2.07. The van der Waals surface area contributed by atoms with Crippen molar-refractivity contribution in [1.29, 1.82) is 5.26 Å². The van der Waals surface area contributed by atoms with Crippen molar-refractivity contribution in [3.8, 4) is 17.6 Å². The van der Waals surface area contributed by atoms with Crippen molar-refractivity contribution >= 4 is 0 Å². The SMILES string of the molecule is CN(C)C(CC#N)c1ccc(Oc2ccccc2)cc1. The quantitative estimate of drug-likeness (QED) is 0.820. The van der Waals surface area contributed by atoms with Crippen molar-refractivity contribution in [2.75, 3.05) is 14.1 Å². The van der Waals surface area contributed by atoms with Crippen molar-refractivity contribution in [1.82, 2.24) is 4.90 Å². The van der Waals surface area contributed by atoms with Crippen LogP contribution < -0.4 is 4.74 Å². The minimum atomic E-state index is 0.116. The van der Waals surface area contributed by atoms with Crippen LogP contribution in [0.25, 0.3) is 0 Å². The van der Waals surface area contributed by atoms with E-state index in [1.54, 1.807) is 0 Å². The maximum absolute atomic E-state index is 8.89. The zero-order valence-corrected chi connectivity index (χ0v) is 11.8. The Balaban J connectivity index is 2.12. The van der Waals surface area contributed by atoms with Crippen LogP contribution in [0.5, 0.6) is 11.5 Å². The third kappa shape index (κ3) is 3.59. The molecular formula is C17H18N2O. The zero-order valence-electron chi connectivity index (χ0n) is 11.8. The van der Waals surface area contributed by atoms with Crippen LogP contribution in [0.4, 0.5) is 0 Å². The summed E-state index contributed by atoms with van der Waals surface area (Å²) in [5.74, 6) is 1.62. The van der Waals surface area contributed by atoms with Gasteiger partial charge in [0.05, 0.1) is 12.5 Å². The lowest BCUT2D eigenvalue weighted by Gasteiger charge is -2.22. The molecule has 102 valence electrons. The Morgan fingerprint density at radius 3 is 2.15 bits per heavy atom. The van der Waals surface area contributed by atoms with E-state index < -0.39 is 0 Å². The summed E-state index contributed by atoms with van der Waals surface area (Å²) >= 11 is 0. The van der Waals surface area contributed by atoms with E-state index in [0.717, 1.165) is 17.1 Å². The molecule has 0 saturated carbocycles. The van der Waals surface area contributed by atoms with Gasteiger partial charge in [-0.05, 0) is 43.9 Å². The largest absolute Gasteiger partial charge is 0.457 e. The highest BCUT2D eigenvalue weighted by molar-refractivity contribution is 5.34. The summed E-state index contributed by atoms with van der Waals surface area (Å²) in [6.07, 6.45) is 0.478. The van der Waals surface area contributed by atoms with E-state index in [-0.39, 0.29) is 6.04 Å². The first kappa shape index (κ1) is 14.1. The lowest BCUT2D eigenvalue weighted by Crippen LogP contribution is -2.19. The fourth-order valence-corrected chi connectivity index (χ4v) is 2.07.